The Hall–Kier alpha value is -3.02. The van der Waals surface area contributed by atoms with Gasteiger partial charge in [0.2, 0.25) is 0 Å². The standard InChI is InChI=1S/C20H24N4O2/c1-22(2)17-9-5-15(6-10-17)19(25)21-16-7-11-18(12-8-16)24-14-4-13-23(3)20(24)26/h5-12H,4,13-14H2,1-3H3,(H,21,25). The van der Waals surface area contributed by atoms with E-state index in [2.05, 4.69) is 5.32 Å². The zero-order chi connectivity index (χ0) is 18.7. The first-order valence-electron chi connectivity index (χ1n) is 8.67. The summed E-state index contributed by atoms with van der Waals surface area (Å²) in [5, 5.41) is 2.89. The number of nitrogens with one attached hydrogen (secondary N) is 1. The number of anilines is 3. The van der Waals surface area contributed by atoms with Crippen LogP contribution < -0.4 is 15.1 Å². The Morgan fingerprint density at radius 3 is 2.27 bits per heavy atom. The molecule has 26 heavy (non-hydrogen) atoms. The van der Waals surface area contributed by atoms with Crippen molar-refractivity contribution in [2.24, 2.45) is 0 Å². The van der Waals surface area contributed by atoms with E-state index >= 15 is 0 Å². The third kappa shape index (κ3) is 3.79. The Bertz CT molecular complexity index is 784. The van der Waals surface area contributed by atoms with Crippen LogP contribution in [0.4, 0.5) is 21.9 Å². The molecular weight excluding hydrogens is 328 g/mol. The molecule has 1 aliphatic heterocycles. The second-order valence-corrected chi connectivity index (χ2v) is 6.65. The summed E-state index contributed by atoms with van der Waals surface area (Å²) in [6.45, 7) is 1.50. The van der Waals surface area contributed by atoms with Gasteiger partial charge in [-0.1, -0.05) is 0 Å². The summed E-state index contributed by atoms with van der Waals surface area (Å²) < 4.78 is 0. The first kappa shape index (κ1) is 17.8. The highest BCUT2D eigenvalue weighted by Gasteiger charge is 2.23. The smallest absolute Gasteiger partial charge is 0.324 e. The Morgan fingerprint density at radius 2 is 1.65 bits per heavy atom. The minimum absolute atomic E-state index is 0.00835. The lowest BCUT2D eigenvalue weighted by atomic mass is 10.1. The molecule has 0 aromatic heterocycles. The Morgan fingerprint density at radius 1 is 1.00 bits per heavy atom. The molecule has 3 rings (SSSR count). The van der Waals surface area contributed by atoms with E-state index in [9.17, 15) is 9.59 Å². The van der Waals surface area contributed by atoms with Gasteiger partial charge in [-0.2, -0.15) is 0 Å². The summed E-state index contributed by atoms with van der Waals surface area (Å²) in [6, 6.07) is 14.8. The number of rotatable bonds is 4. The van der Waals surface area contributed by atoms with E-state index in [0.717, 1.165) is 24.3 Å². The minimum atomic E-state index is -0.156. The predicted octanol–water partition coefficient (Wildman–Crippen LogP) is 3.27. The van der Waals surface area contributed by atoms with Crippen LogP contribution in [0.2, 0.25) is 0 Å². The molecule has 2 aromatic carbocycles. The molecule has 1 saturated heterocycles. The molecule has 6 nitrogen and oxygen atoms in total. The van der Waals surface area contributed by atoms with Crippen LogP contribution >= 0.6 is 0 Å². The molecular formula is C20H24N4O2. The van der Waals surface area contributed by atoms with Gasteiger partial charge < -0.3 is 15.1 Å². The summed E-state index contributed by atoms with van der Waals surface area (Å²) >= 11 is 0. The summed E-state index contributed by atoms with van der Waals surface area (Å²) in [4.78, 5) is 30.1. The second-order valence-electron chi connectivity index (χ2n) is 6.65. The van der Waals surface area contributed by atoms with Gasteiger partial charge in [0, 0.05) is 56.9 Å². The van der Waals surface area contributed by atoms with E-state index in [4.69, 9.17) is 0 Å². The van der Waals surface area contributed by atoms with Gasteiger partial charge >= 0.3 is 6.03 Å². The van der Waals surface area contributed by atoms with Crippen molar-refractivity contribution in [3.63, 3.8) is 0 Å². The van der Waals surface area contributed by atoms with Gasteiger partial charge in [0.15, 0.2) is 0 Å². The van der Waals surface area contributed by atoms with Crippen LogP contribution in [0.25, 0.3) is 0 Å². The van der Waals surface area contributed by atoms with Gasteiger partial charge in [-0.25, -0.2) is 4.79 Å². The Labute approximate surface area is 154 Å². The molecule has 1 aliphatic rings. The van der Waals surface area contributed by atoms with Crippen LogP contribution in [0.1, 0.15) is 16.8 Å². The van der Waals surface area contributed by atoms with Gasteiger partial charge in [0.05, 0.1) is 0 Å². The van der Waals surface area contributed by atoms with Crippen molar-refractivity contribution in [1.82, 2.24) is 4.90 Å². The van der Waals surface area contributed by atoms with E-state index in [1.165, 1.54) is 0 Å². The van der Waals surface area contributed by atoms with Crippen LogP contribution in [0.15, 0.2) is 48.5 Å². The number of carbonyl (C=O) groups is 2. The summed E-state index contributed by atoms with van der Waals surface area (Å²) in [5.41, 5.74) is 3.19. The molecule has 2 aromatic rings. The van der Waals surface area contributed by atoms with Gasteiger partial charge in [-0.05, 0) is 55.0 Å². The molecule has 0 saturated carbocycles. The molecule has 1 N–H and O–H groups in total. The fraction of sp³-hybridized carbons (Fsp3) is 0.300. The fourth-order valence-electron chi connectivity index (χ4n) is 2.94. The van der Waals surface area contributed by atoms with Crippen LogP contribution in [0.3, 0.4) is 0 Å². The normalized spacial score (nSPS) is 14.3. The Kier molecular flexibility index (Phi) is 5.11. The van der Waals surface area contributed by atoms with Crippen LogP contribution in [-0.2, 0) is 0 Å². The molecule has 1 heterocycles. The largest absolute Gasteiger partial charge is 0.378 e. The number of hydrogen-bond donors (Lipinski definition) is 1. The molecule has 6 heteroatoms. The lowest BCUT2D eigenvalue weighted by Gasteiger charge is -2.33. The number of benzene rings is 2. The quantitative estimate of drug-likeness (QED) is 0.919. The number of nitrogens with zero attached hydrogens (tertiary/aromatic N) is 3. The highest BCUT2D eigenvalue weighted by molar-refractivity contribution is 6.04. The summed E-state index contributed by atoms with van der Waals surface area (Å²) in [5.74, 6) is -0.156. The molecule has 1 fully saturated rings. The molecule has 3 amide bonds. The first-order chi connectivity index (χ1) is 12.5. The maximum atomic E-state index is 12.4. The highest BCUT2D eigenvalue weighted by Crippen LogP contribution is 2.22. The van der Waals surface area contributed by atoms with Crippen LogP contribution in [0.5, 0.6) is 0 Å². The van der Waals surface area contributed by atoms with Crippen LogP contribution in [0, 0.1) is 0 Å². The Balaban J connectivity index is 1.67. The molecule has 0 spiro atoms. The number of amides is 3. The van der Waals surface area contributed by atoms with Crippen molar-refractivity contribution >= 4 is 29.0 Å². The van der Waals surface area contributed by atoms with Gasteiger partial charge in [-0.3, -0.25) is 9.69 Å². The summed E-state index contributed by atoms with van der Waals surface area (Å²) in [7, 11) is 5.73. The predicted molar refractivity (Wildman–Crippen MR) is 105 cm³/mol. The van der Waals surface area contributed by atoms with Gasteiger partial charge in [0.25, 0.3) is 5.91 Å². The van der Waals surface area contributed by atoms with E-state index in [-0.39, 0.29) is 11.9 Å². The second kappa shape index (κ2) is 7.47. The maximum Gasteiger partial charge on any atom is 0.324 e. The lowest BCUT2D eigenvalue weighted by molar-refractivity contribution is 0.102. The average Bonchev–Trinajstić information content (AvgIpc) is 2.65. The maximum absolute atomic E-state index is 12.4. The van der Waals surface area contributed by atoms with E-state index in [0.29, 0.717) is 17.8 Å². The third-order valence-corrected chi connectivity index (χ3v) is 4.52. The number of urea groups is 1. The number of hydrogen-bond acceptors (Lipinski definition) is 3. The summed E-state index contributed by atoms with van der Waals surface area (Å²) in [6.07, 6.45) is 0.948. The SMILES string of the molecule is CN1CCCN(c2ccc(NC(=O)c3ccc(N(C)C)cc3)cc2)C1=O. The lowest BCUT2D eigenvalue weighted by Crippen LogP contribution is -2.47. The zero-order valence-corrected chi connectivity index (χ0v) is 15.4. The first-order valence-corrected chi connectivity index (χ1v) is 8.67. The van der Waals surface area contributed by atoms with Gasteiger partial charge in [-0.15, -0.1) is 0 Å². The van der Waals surface area contributed by atoms with Crippen molar-refractivity contribution in [3.8, 4) is 0 Å². The average molecular weight is 352 g/mol. The highest BCUT2D eigenvalue weighted by atomic mass is 16.2. The number of carbonyl (C=O) groups excluding carboxylic acids is 2. The van der Waals surface area contributed by atoms with Crippen LogP contribution in [-0.4, -0.2) is 51.1 Å². The van der Waals surface area contributed by atoms with Crippen molar-refractivity contribution < 1.29 is 9.59 Å². The molecule has 0 radical (unpaired) electrons. The molecule has 136 valence electrons. The topological polar surface area (TPSA) is 55.9 Å². The molecule has 0 aliphatic carbocycles. The monoisotopic (exact) mass is 352 g/mol. The van der Waals surface area contributed by atoms with Crippen molar-refractivity contribution in [3.05, 3.63) is 54.1 Å². The van der Waals surface area contributed by atoms with Crippen molar-refractivity contribution in [1.29, 1.82) is 0 Å². The van der Waals surface area contributed by atoms with E-state index in [1.54, 1.807) is 21.9 Å². The van der Waals surface area contributed by atoms with Crippen molar-refractivity contribution in [2.75, 3.05) is 49.3 Å². The van der Waals surface area contributed by atoms with E-state index in [1.807, 2.05) is 62.4 Å². The third-order valence-electron chi connectivity index (χ3n) is 4.52. The molecule has 0 unspecified atom stereocenters. The van der Waals surface area contributed by atoms with Gasteiger partial charge in [0.1, 0.15) is 0 Å². The molecule has 0 bridgehead atoms. The van der Waals surface area contributed by atoms with Crippen molar-refractivity contribution in [2.45, 2.75) is 6.42 Å². The fourth-order valence-corrected chi connectivity index (χ4v) is 2.94. The zero-order valence-electron chi connectivity index (χ0n) is 15.4. The minimum Gasteiger partial charge on any atom is -0.378 e. The molecule has 0 atom stereocenters. The van der Waals surface area contributed by atoms with E-state index < -0.39 is 0 Å².